The van der Waals surface area contributed by atoms with Gasteiger partial charge in [-0.05, 0) is 32.1 Å². The van der Waals surface area contributed by atoms with Crippen LogP contribution in [0.4, 0.5) is 0 Å². The van der Waals surface area contributed by atoms with Crippen molar-refractivity contribution in [3.63, 3.8) is 0 Å². The first-order valence-corrected chi connectivity index (χ1v) is 7.27. The molecule has 1 fully saturated rings. The van der Waals surface area contributed by atoms with Gasteiger partial charge in [-0.25, -0.2) is 0 Å². The zero-order chi connectivity index (χ0) is 11.6. The minimum atomic E-state index is 0.753. The molecule has 16 heavy (non-hydrogen) atoms. The Bertz CT molecular complexity index is 184. The first-order valence-electron chi connectivity index (χ1n) is 7.27. The fraction of sp³-hybridized carbons (Fsp3) is 0.867. The lowest BCUT2D eigenvalue weighted by atomic mass is 9.94. The number of hydrogen-bond donors (Lipinski definition) is 1. The molecule has 0 aromatic carbocycles. The largest absolute Gasteiger partial charge is 0.311 e. The van der Waals surface area contributed by atoms with Crippen LogP contribution in [0.3, 0.4) is 0 Å². The van der Waals surface area contributed by atoms with E-state index in [1.54, 1.807) is 0 Å². The normalized spacial score (nSPS) is 26.4. The summed E-state index contributed by atoms with van der Waals surface area (Å²) in [6.07, 6.45) is 16.8. The van der Waals surface area contributed by atoms with Crippen LogP contribution in [-0.2, 0) is 0 Å². The topological polar surface area (TPSA) is 12.0 Å². The Kier molecular flexibility index (Phi) is 7.58. The predicted octanol–water partition coefficient (Wildman–Crippen LogP) is 4.43. The molecule has 0 saturated carbocycles. The lowest BCUT2D eigenvalue weighted by molar-refractivity contribution is 0.307. The van der Waals surface area contributed by atoms with Crippen molar-refractivity contribution in [2.75, 3.05) is 0 Å². The smallest absolute Gasteiger partial charge is 0.0104 e. The van der Waals surface area contributed by atoms with Crippen molar-refractivity contribution in [2.24, 2.45) is 0 Å². The first-order chi connectivity index (χ1) is 7.86. The summed E-state index contributed by atoms with van der Waals surface area (Å²) in [6, 6.07) is 1.55. The van der Waals surface area contributed by atoms with Crippen molar-refractivity contribution in [1.29, 1.82) is 0 Å². The van der Waals surface area contributed by atoms with Crippen LogP contribution >= 0.6 is 0 Å². The molecular weight excluding hydrogens is 194 g/mol. The van der Waals surface area contributed by atoms with Gasteiger partial charge >= 0.3 is 0 Å². The van der Waals surface area contributed by atoms with E-state index in [0.717, 1.165) is 12.1 Å². The van der Waals surface area contributed by atoms with Gasteiger partial charge in [-0.15, -0.1) is 0 Å². The minimum absolute atomic E-state index is 0.753. The lowest BCUT2D eigenvalue weighted by Gasteiger charge is -2.30. The van der Waals surface area contributed by atoms with Gasteiger partial charge in [-0.1, -0.05) is 51.7 Å². The van der Waals surface area contributed by atoms with Crippen LogP contribution < -0.4 is 5.32 Å². The molecule has 0 radical (unpaired) electrons. The van der Waals surface area contributed by atoms with Crippen molar-refractivity contribution < 1.29 is 0 Å². The van der Waals surface area contributed by atoms with Crippen LogP contribution in [0.1, 0.15) is 71.6 Å². The van der Waals surface area contributed by atoms with Crippen LogP contribution in [0.25, 0.3) is 0 Å². The fourth-order valence-electron chi connectivity index (χ4n) is 2.57. The quantitative estimate of drug-likeness (QED) is 0.497. The van der Waals surface area contributed by atoms with Gasteiger partial charge in [-0.3, -0.25) is 0 Å². The van der Waals surface area contributed by atoms with Gasteiger partial charge in [0.2, 0.25) is 0 Å². The number of piperidine rings is 1. The number of hydrogen-bond acceptors (Lipinski definition) is 1. The molecule has 94 valence electrons. The van der Waals surface area contributed by atoms with Crippen LogP contribution in [0.15, 0.2) is 12.2 Å². The van der Waals surface area contributed by atoms with Crippen LogP contribution in [0.5, 0.6) is 0 Å². The average Bonchev–Trinajstić information content (AvgIpc) is 2.30. The van der Waals surface area contributed by atoms with Gasteiger partial charge in [0.1, 0.15) is 0 Å². The van der Waals surface area contributed by atoms with Gasteiger partial charge < -0.3 is 5.32 Å². The SMILES string of the molecule is CCCCC=CCC1CCCC(CCC)N1. The molecule has 2 unspecified atom stereocenters. The van der Waals surface area contributed by atoms with E-state index in [-0.39, 0.29) is 0 Å². The van der Waals surface area contributed by atoms with Gasteiger partial charge in [0.15, 0.2) is 0 Å². The summed E-state index contributed by atoms with van der Waals surface area (Å²) in [4.78, 5) is 0. The molecule has 0 amide bonds. The highest BCUT2D eigenvalue weighted by Gasteiger charge is 2.18. The zero-order valence-corrected chi connectivity index (χ0v) is 11.2. The molecule has 1 nitrogen and oxygen atoms in total. The molecule has 1 aliphatic heterocycles. The molecule has 1 aliphatic rings. The lowest BCUT2D eigenvalue weighted by Crippen LogP contribution is -2.41. The number of unbranched alkanes of at least 4 members (excludes halogenated alkanes) is 2. The molecule has 1 heteroatoms. The maximum Gasteiger partial charge on any atom is 0.0104 e. The molecule has 1 saturated heterocycles. The predicted molar refractivity (Wildman–Crippen MR) is 72.8 cm³/mol. The maximum absolute atomic E-state index is 3.79. The molecule has 0 spiro atoms. The molecule has 0 bridgehead atoms. The Morgan fingerprint density at radius 2 is 1.88 bits per heavy atom. The minimum Gasteiger partial charge on any atom is -0.311 e. The monoisotopic (exact) mass is 223 g/mol. The van der Waals surface area contributed by atoms with Crippen molar-refractivity contribution >= 4 is 0 Å². The highest BCUT2D eigenvalue weighted by atomic mass is 15.0. The highest BCUT2D eigenvalue weighted by Crippen LogP contribution is 2.18. The molecule has 1 heterocycles. The summed E-state index contributed by atoms with van der Waals surface area (Å²) < 4.78 is 0. The van der Waals surface area contributed by atoms with Gasteiger partial charge in [-0.2, -0.15) is 0 Å². The van der Waals surface area contributed by atoms with E-state index in [1.165, 1.54) is 57.8 Å². The van der Waals surface area contributed by atoms with Crippen molar-refractivity contribution in [1.82, 2.24) is 5.32 Å². The van der Waals surface area contributed by atoms with E-state index in [1.807, 2.05) is 0 Å². The van der Waals surface area contributed by atoms with Crippen LogP contribution in [0, 0.1) is 0 Å². The standard InChI is InChI=1S/C15H29N/c1-3-5-6-7-8-11-15-13-9-12-14(16-15)10-4-2/h7-8,14-16H,3-6,9-13H2,1-2H3. The van der Waals surface area contributed by atoms with Crippen molar-refractivity contribution in [3.8, 4) is 0 Å². The summed E-state index contributed by atoms with van der Waals surface area (Å²) in [7, 11) is 0. The Morgan fingerprint density at radius 1 is 1.06 bits per heavy atom. The zero-order valence-electron chi connectivity index (χ0n) is 11.2. The van der Waals surface area contributed by atoms with Gasteiger partial charge in [0, 0.05) is 12.1 Å². The summed E-state index contributed by atoms with van der Waals surface area (Å²) in [5, 5.41) is 3.79. The Hall–Kier alpha value is -0.300. The molecule has 2 atom stereocenters. The average molecular weight is 223 g/mol. The van der Waals surface area contributed by atoms with Gasteiger partial charge in [0.05, 0.1) is 0 Å². The van der Waals surface area contributed by atoms with Crippen LogP contribution in [-0.4, -0.2) is 12.1 Å². The second kappa shape index (κ2) is 8.81. The Balaban J connectivity index is 2.13. The van der Waals surface area contributed by atoms with Crippen molar-refractivity contribution in [2.45, 2.75) is 83.7 Å². The Labute approximate surface area is 102 Å². The summed E-state index contributed by atoms with van der Waals surface area (Å²) >= 11 is 0. The van der Waals surface area contributed by atoms with E-state index in [4.69, 9.17) is 0 Å². The fourth-order valence-corrected chi connectivity index (χ4v) is 2.57. The number of allylic oxidation sites excluding steroid dienone is 1. The third-order valence-electron chi connectivity index (χ3n) is 3.53. The van der Waals surface area contributed by atoms with E-state index in [0.29, 0.717) is 0 Å². The van der Waals surface area contributed by atoms with E-state index < -0.39 is 0 Å². The molecule has 1 rings (SSSR count). The first kappa shape index (κ1) is 13.8. The third-order valence-corrected chi connectivity index (χ3v) is 3.53. The van der Waals surface area contributed by atoms with E-state index in [9.17, 15) is 0 Å². The van der Waals surface area contributed by atoms with E-state index >= 15 is 0 Å². The number of nitrogens with one attached hydrogen (secondary N) is 1. The van der Waals surface area contributed by atoms with Crippen molar-refractivity contribution in [3.05, 3.63) is 12.2 Å². The third kappa shape index (κ3) is 5.69. The Morgan fingerprint density at radius 3 is 2.62 bits per heavy atom. The van der Waals surface area contributed by atoms with Crippen LogP contribution in [0.2, 0.25) is 0 Å². The maximum atomic E-state index is 3.79. The summed E-state index contributed by atoms with van der Waals surface area (Å²) in [5.41, 5.74) is 0. The molecule has 0 aromatic rings. The summed E-state index contributed by atoms with van der Waals surface area (Å²) in [6.45, 7) is 4.54. The number of rotatable bonds is 7. The van der Waals surface area contributed by atoms with E-state index in [2.05, 4.69) is 31.3 Å². The molecule has 1 N–H and O–H groups in total. The molecular formula is C15H29N. The second-order valence-corrected chi connectivity index (χ2v) is 5.13. The van der Waals surface area contributed by atoms with Gasteiger partial charge in [0.25, 0.3) is 0 Å². The summed E-state index contributed by atoms with van der Waals surface area (Å²) in [5.74, 6) is 0. The second-order valence-electron chi connectivity index (χ2n) is 5.13. The molecule has 0 aliphatic carbocycles. The highest BCUT2D eigenvalue weighted by molar-refractivity contribution is 4.89. The molecule has 0 aromatic heterocycles.